The Labute approximate surface area is 150 Å². The van der Waals surface area contributed by atoms with Gasteiger partial charge in [-0.05, 0) is 37.5 Å². The first-order valence-corrected chi connectivity index (χ1v) is 8.40. The molecule has 25 heavy (non-hydrogen) atoms. The molecule has 136 valence electrons. The molecule has 7 nitrogen and oxygen atoms in total. The lowest BCUT2D eigenvalue weighted by molar-refractivity contribution is -0.141. The number of benzene rings is 1. The number of nitrogens with one attached hydrogen (secondary N) is 2. The molecule has 2 rings (SSSR count). The third kappa shape index (κ3) is 5.17. The molecule has 1 aliphatic carbocycles. The highest BCUT2D eigenvalue weighted by Gasteiger charge is 2.33. The standard InChI is InChI=1S/C17H21ClN2O5/c1-25-7-6-19-16(22)13-5-4-12(9-14(13)18)20-15(21)10-2-3-11(8-10)17(23)24/h4-5,9-11H,2-3,6-8H2,1H3,(H,19,22)(H,20,21)(H,23,24)/t10-,11+/m1/s1. The van der Waals surface area contributed by atoms with Crippen LogP contribution in [0.15, 0.2) is 18.2 Å². The molecular formula is C17H21ClN2O5. The van der Waals surface area contributed by atoms with Crippen LogP contribution in [0.2, 0.25) is 5.02 Å². The molecule has 2 amide bonds. The van der Waals surface area contributed by atoms with Crippen molar-refractivity contribution in [3.63, 3.8) is 0 Å². The predicted octanol–water partition coefficient (Wildman–Crippen LogP) is 2.16. The third-order valence-electron chi connectivity index (χ3n) is 4.23. The van der Waals surface area contributed by atoms with Crippen molar-refractivity contribution in [2.45, 2.75) is 19.3 Å². The zero-order valence-electron chi connectivity index (χ0n) is 13.9. The van der Waals surface area contributed by atoms with E-state index in [1.165, 1.54) is 12.1 Å². The van der Waals surface area contributed by atoms with Crippen LogP contribution in [0.25, 0.3) is 0 Å². The molecule has 0 heterocycles. The van der Waals surface area contributed by atoms with Crippen LogP contribution in [0.1, 0.15) is 29.6 Å². The Hall–Kier alpha value is -2.12. The Morgan fingerprint density at radius 2 is 2.00 bits per heavy atom. The second-order valence-electron chi connectivity index (χ2n) is 5.98. The van der Waals surface area contributed by atoms with Crippen molar-refractivity contribution in [2.24, 2.45) is 11.8 Å². The molecule has 0 saturated heterocycles. The molecule has 1 aliphatic rings. The van der Waals surface area contributed by atoms with Crippen molar-refractivity contribution >= 4 is 35.1 Å². The van der Waals surface area contributed by atoms with Crippen LogP contribution < -0.4 is 10.6 Å². The van der Waals surface area contributed by atoms with Crippen LogP contribution in [0.4, 0.5) is 5.69 Å². The van der Waals surface area contributed by atoms with Crippen LogP contribution in [0.5, 0.6) is 0 Å². The van der Waals surface area contributed by atoms with Gasteiger partial charge in [0.15, 0.2) is 0 Å². The van der Waals surface area contributed by atoms with E-state index >= 15 is 0 Å². The molecule has 0 unspecified atom stereocenters. The van der Waals surface area contributed by atoms with Gasteiger partial charge in [-0.25, -0.2) is 0 Å². The van der Waals surface area contributed by atoms with Crippen molar-refractivity contribution in [1.82, 2.24) is 5.32 Å². The van der Waals surface area contributed by atoms with Gasteiger partial charge in [0.05, 0.1) is 23.1 Å². The fourth-order valence-electron chi connectivity index (χ4n) is 2.83. The van der Waals surface area contributed by atoms with E-state index < -0.39 is 11.9 Å². The topological polar surface area (TPSA) is 105 Å². The predicted molar refractivity (Wildman–Crippen MR) is 92.8 cm³/mol. The van der Waals surface area contributed by atoms with E-state index in [4.69, 9.17) is 21.4 Å². The highest BCUT2D eigenvalue weighted by atomic mass is 35.5. The van der Waals surface area contributed by atoms with E-state index in [9.17, 15) is 14.4 Å². The van der Waals surface area contributed by atoms with Crippen molar-refractivity contribution in [3.05, 3.63) is 28.8 Å². The number of amides is 2. The molecule has 0 aromatic heterocycles. The molecule has 1 aromatic rings. The Morgan fingerprint density at radius 1 is 1.28 bits per heavy atom. The number of ether oxygens (including phenoxy) is 1. The van der Waals surface area contributed by atoms with Gasteiger partial charge >= 0.3 is 5.97 Å². The molecule has 1 fully saturated rings. The molecule has 0 spiro atoms. The molecule has 1 saturated carbocycles. The van der Waals surface area contributed by atoms with E-state index in [-0.39, 0.29) is 22.8 Å². The number of aliphatic carboxylic acids is 1. The van der Waals surface area contributed by atoms with Gasteiger partial charge in [-0.1, -0.05) is 11.6 Å². The fraction of sp³-hybridized carbons (Fsp3) is 0.471. The Bertz CT molecular complexity index is 664. The lowest BCUT2D eigenvalue weighted by Crippen LogP contribution is -2.27. The molecular weight excluding hydrogens is 348 g/mol. The van der Waals surface area contributed by atoms with Crippen LogP contribution in [-0.2, 0) is 14.3 Å². The molecule has 8 heteroatoms. The van der Waals surface area contributed by atoms with Crippen molar-refractivity contribution < 1.29 is 24.2 Å². The first kappa shape index (κ1) is 19.2. The normalized spacial score (nSPS) is 19.4. The number of halogens is 1. The summed E-state index contributed by atoms with van der Waals surface area (Å²) < 4.78 is 4.86. The SMILES string of the molecule is COCCNC(=O)c1ccc(NC(=O)[C@@H]2CC[C@H](C(=O)O)C2)cc1Cl. The molecule has 3 N–H and O–H groups in total. The number of carbonyl (C=O) groups is 3. The molecule has 0 radical (unpaired) electrons. The van der Waals surface area contributed by atoms with Gasteiger partial charge in [0.2, 0.25) is 5.91 Å². The highest BCUT2D eigenvalue weighted by Crippen LogP contribution is 2.32. The maximum Gasteiger partial charge on any atom is 0.306 e. The van der Waals surface area contributed by atoms with E-state index in [0.717, 1.165) is 0 Å². The van der Waals surface area contributed by atoms with E-state index in [1.807, 2.05) is 0 Å². The Kier molecular flexibility index (Phi) is 6.78. The number of carboxylic acid groups (broad SMARTS) is 1. The number of carboxylic acids is 1. The van der Waals surface area contributed by atoms with Crippen LogP contribution in [0.3, 0.4) is 0 Å². The maximum atomic E-state index is 12.2. The highest BCUT2D eigenvalue weighted by molar-refractivity contribution is 6.34. The minimum atomic E-state index is -0.859. The lowest BCUT2D eigenvalue weighted by atomic mass is 10.0. The van der Waals surface area contributed by atoms with Gasteiger partial charge in [-0.2, -0.15) is 0 Å². The molecule has 0 aliphatic heterocycles. The van der Waals surface area contributed by atoms with Gasteiger partial charge in [0.1, 0.15) is 0 Å². The molecule has 2 atom stereocenters. The lowest BCUT2D eigenvalue weighted by Gasteiger charge is -2.12. The van der Waals surface area contributed by atoms with Crippen LogP contribution in [-0.4, -0.2) is 43.2 Å². The van der Waals surface area contributed by atoms with Gasteiger partial charge in [-0.3, -0.25) is 14.4 Å². The number of carbonyl (C=O) groups excluding carboxylic acids is 2. The average Bonchev–Trinajstić information content (AvgIpc) is 3.05. The first-order chi connectivity index (χ1) is 11.9. The largest absolute Gasteiger partial charge is 0.481 e. The summed E-state index contributed by atoms with van der Waals surface area (Å²) in [6.07, 6.45) is 1.40. The summed E-state index contributed by atoms with van der Waals surface area (Å²) in [5, 5.41) is 14.6. The summed E-state index contributed by atoms with van der Waals surface area (Å²) >= 11 is 6.12. The summed E-state index contributed by atoms with van der Waals surface area (Å²) in [6, 6.07) is 4.64. The molecule has 0 bridgehead atoms. The third-order valence-corrected chi connectivity index (χ3v) is 4.54. The van der Waals surface area contributed by atoms with Gasteiger partial charge in [0.25, 0.3) is 5.91 Å². The number of anilines is 1. The van der Waals surface area contributed by atoms with Crippen molar-refractivity contribution in [3.8, 4) is 0 Å². The van der Waals surface area contributed by atoms with Crippen LogP contribution >= 0.6 is 11.6 Å². The van der Waals surface area contributed by atoms with E-state index in [1.54, 1.807) is 13.2 Å². The van der Waals surface area contributed by atoms with Gasteiger partial charge in [-0.15, -0.1) is 0 Å². The summed E-state index contributed by atoms with van der Waals surface area (Å²) in [6.45, 7) is 0.771. The summed E-state index contributed by atoms with van der Waals surface area (Å²) in [5.74, 6) is -2.19. The second kappa shape index (κ2) is 8.82. The number of rotatable bonds is 7. The Morgan fingerprint density at radius 3 is 2.60 bits per heavy atom. The fourth-order valence-corrected chi connectivity index (χ4v) is 3.09. The minimum Gasteiger partial charge on any atom is -0.481 e. The average molecular weight is 369 g/mol. The van der Waals surface area contributed by atoms with Gasteiger partial charge in [0, 0.05) is 25.3 Å². The maximum absolute atomic E-state index is 12.2. The second-order valence-corrected chi connectivity index (χ2v) is 6.38. The van der Waals surface area contributed by atoms with E-state index in [0.29, 0.717) is 43.7 Å². The van der Waals surface area contributed by atoms with Crippen LogP contribution in [0, 0.1) is 11.8 Å². The molecule has 1 aromatic carbocycles. The number of hydrogen-bond acceptors (Lipinski definition) is 4. The summed E-state index contributed by atoms with van der Waals surface area (Å²) in [4.78, 5) is 35.2. The zero-order valence-corrected chi connectivity index (χ0v) is 14.6. The first-order valence-electron chi connectivity index (χ1n) is 8.02. The number of methoxy groups -OCH3 is 1. The minimum absolute atomic E-state index is 0.225. The smallest absolute Gasteiger partial charge is 0.306 e. The number of hydrogen-bond donors (Lipinski definition) is 3. The summed E-state index contributed by atoms with van der Waals surface area (Å²) in [5.41, 5.74) is 0.782. The van der Waals surface area contributed by atoms with Crippen molar-refractivity contribution in [1.29, 1.82) is 0 Å². The quantitative estimate of drug-likeness (QED) is 0.640. The monoisotopic (exact) mass is 368 g/mol. The zero-order chi connectivity index (χ0) is 18.4. The summed E-state index contributed by atoms with van der Waals surface area (Å²) in [7, 11) is 1.54. The van der Waals surface area contributed by atoms with Gasteiger partial charge < -0.3 is 20.5 Å². The van der Waals surface area contributed by atoms with Crippen molar-refractivity contribution in [2.75, 3.05) is 25.6 Å². The van der Waals surface area contributed by atoms with E-state index in [2.05, 4.69) is 10.6 Å². The Balaban J connectivity index is 1.95.